The average Bonchev–Trinajstić information content (AvgIpc) is 2.53. The van der Waals surface area contributed by atoms with Crippen LogP contribution in [-0.2, 0) is 0 Å². The minimum Gasteiger partial charge on any atom is -0.303 e. The molecule has 1 aliphatic carbocycles. The van der Waals surface area contributed by atoms with Crippen molar-refractivity contribution in [2.24, 2.45) is 11.8 Å². The van der Waals surface area contributed by atoms with Crippen LogP contribution in [0.3, 0.4) is 0 Å². The molecule has 1 saturated heterocycles. The van der Waals surface area contributed by atoms with Gasteiger partial charge in [-0.05, 0) is 44.7 Å². The second kappa shape index (κ2) is 2.78. The van der Waals surface area contributed by atoms with Crippen LogP contribution in [-0.4, -0.2) is 24.5 Å². The van der Waals surface area contributed by atoms with Gasteiger partial charge in [-0.25, -0.2) is 0 Å². The lowest BCUT2D eigenvalue weighted by atomic mass is 9.91. The first-order valence-electron chi connectivity index (χ1n) is 5.03. The Morgan fingerprint density at radius 2 is 2.09 bits per heavy atom. The summed E-state index contributed by atoms with van der Waals surface area (Å²) in [6, 6.07) is 0.958. The van der Waals surface area contributed by atoms with Crippen molar-refractivity contribution in [2.75, 3.05) is 13.6 Å². The number of fused-ring (bicyclic) bond motifs is 1. The molecule has 0 aromatic heterocycles. The second-order valence-electron chi connectivity index (χ2n) is 4.25. The van der Waals surface area contributed by atoms with Crippen molar-refractivity contribution in [1.29, 1.82) is 0 Å². The second-order valence-corrected chi connectivity index (χ2v) is 4.25. The number of hydrogen-bond donors (Lipinski definition) is 0. The van der Waals surface area contributed by atoms with E-state index in [0.29, 0.717) is 0 Å². The summed E-state index contributed by atoms with van der Waals surface area (Å²) in [6.45, 7) is 3.71. The highest BCUT2D eigenvalue weighted by atomic mass is 15.2. The molecule has 2 rings (SSSR count). The predicted octanol–water partition coefficient (Wildman–Crippen LogP) is 2.13. The fourth-order valence-corrected chi connectivity index (χ4v) is 3.13. The molecule has 11 heavy (non-hydrogen) atoms. The first kappa shape index (κ1) is 7.60. The Morgan fingerprint density at radius 3 is 2.82 bits per heavy atom. The van der Waals surface area contributed by atoms with Crippen LogP contribution >= 0.6 is 0 Å². The fourth-order valence-electron chi connectivity index (χ4n) is 3.13. The van der Waals surface area contributed by atoms with Crippen molar-refractivity contribution in [2.45, 2.75) is 38.6 Å². The van der Waals surface area contributed by atoms with E-state index >= 15 is 0 Å². The van der Waals surface area contributed by atoms with Crippen LogP contribution in [0.25, 0.3) is 0 Å². The highest BCUT2D eigenvalue weighted by molar-refractivity contribution is 4.94. The van der Waals surface area contributed by atoms with Crippen LogP contribution in [0.4, 0.5) is 0 Å². The Morgan fingerprint density at radius 1 is 1.27 bits per heavy atom. The molecule has 0 aromatic rings. The minimum absolute atomic E-state index is 0.958. The van der Waals surface area contributed by atoms with Crippen molar-refractivity contribution in [3.63, 3.8) is 0 Å². The first-order valence-corrected chi connectivity index (χ1v) is 5.03. The Bertz CT molecular complexity index is 144. The lowest BCUT2D eigenvalue weighted by Crippen LogP contribution is -2.26. The summed E-state index contributed by atoms with van der Waals surface area (Å²) < 4.78 is 0. The Balaban J connectivity index is 2.04. The monoisotopic (exact) mass is 153 g/mol. The van der Waals surface area contributed by atoms with Gasteiger partial charge in [-0.1, -0.05) is 13.3 Å². The van der Waals surface area contributed by atoms with Gasteiger partial charge in [-0.3, -0.25) is 0 Å². The van der Waals surface area contributed by atoms with Crippen LogP contribution in [0.1, 0.15) is 32.6 Å². The molecule has 3 atom stereocenters. The normalized spacial score (nSPS) is 44.7. The van der Waals surface area contributed by atoms with E-state index in [1.54, 1.807) is 0 Å². The van der Waals surface area contributed by atoms with Gasteiger partial charge in [0.1, 0.15) is 0 Å². The van der Waals surface area contributed by atoms with Gasteiger partial charge < -0.3 is 4.90 Å². The lowest BCUT2D eigenvalue weighted by Gasteiger charge is -2.19. The molecule has 2 fully saturated rings. The van der Waals surface area contributed by atoms with Gasteiger partial charge in [-0.2, -0.15) is 0 Å². The topological polar surface area (TPSA) is 3.24 Å². The summed E-state index contributed by atoms with van der Waals surface area (Å²) in [5, 5.41) is 0. The molecule has 1 aliphatic heterocycles. The van der Waals surface area contributed by atoms with Crippen molar-refractivity contribution < 1.29 is 0 Å². The van der Waals surface area contributed by atoms with Crippen molar-refractivity contribution in [3.8, 4) is 0 Å². The van der Waals surface area contributed by atoms with Crippen LogP contribution in [0, 0.1) is 11.8 Å². The molecule has 1 nitrogen and oxygen atoms in total. The fraction of sp³-hybridized carbons (Fsp3) is 1.00. The van der Waals surface area contributed by atoms with Gasteiger partial charge in [0.25, 0.3) is 0 Å². The maximum atomic E-state index is 2.57. The van der Waals surface area contributed by atoms with E-state index in [2.05, 4.69) is 18.9 Å². The molecular formula is C10H19N. The van der Waals surface area contributed by atoms with Crippen molar-refractivity contribution in [1.82, 2.24) is 4.90 Å². The maximum absolute atomic E-state index is 2.57. The van der Waals surface area contributed by atoms with Crippen molar-refractivity contribution in [3.05, 3.63) is 0 Å². The van der Waals surface area contributed by atoms with Gasteiger partial charge in [0, 0.05) is 6.04 Å². The smallest absolute Gasteiger partial charge is 0.0124 e. The van der Waals surface area contributed by atoms with Crippen LogP contribution in [0.5, 0.6) is 0 Å². The molecular weight excluding hydrogens is 134 g/mol. The molecule has 0 amide bonds. The zero-order chi connectivity index (χ0) is 7.84. The Labute approximate surface area is 69.8 Å². The van der Waals surface area contributed by atoms with Crippen LogP contribution in [0.15, 0.2) is 0 Å². The lowest BCUT2D eigenvalue weighted by molar-refractivity contribution is 0.280. The van der Waals surface area contributed by atoms with Gasteiger partial charge in [0.05, 0.1) is 0 Å². The quantitative estimate of drug-likeness (QED) is 0.558. The van der Waals surface area contributed by atoms with Crippen LogP contribution < -0.4 is 0 Å². The molecule has 0 N–H and O–H groups in total. The third kappa shape index (κ3) is 1.10. The predicted molar refractivity (Wildman–Crippen MR) is 47.5 cm³/mol. The maximum Gasteiger partial charge on any atom is 0.0124 e. The summed E-state index contributed by atoms with van der Waals surface area (Å²) in [4.78, 5) is 2.57. The van der Waals surface area contributed by atoms with E-state index in [-0.39, 0.29) is 0 Å². The largest absolute Gasteiger partial charge is 0.303 e. The molecule has 2 aliphatic rings. The number of hydrogen-bond acceptors (Lipinski definition) is 1. The van der Waals surface area contributed by atoms with Gasteiger partial charge in [-0.15, -0.1) is 0 Å². The zero-order valence-electron chi connectivity index (χ0n) is 7.71. The number of nitrogens with zero attached hydrogens (tertiary/aromatic N) is 1. The molecule has 0 radical (unpaired) electrons. The Kier molecular flexibility index (Phi) is 1.92. The van der Waals surface area contributed by atoms with E-state index in [9.17, 15) is 0 Å². The summed E-state index contributed by atoms with van der Waals surface area (Å²) in [5.41, 5.74) is 0. The summed E-state index contributed by atoms with van der Waals surface area (Å²) >= 11 is 0. The highest BCUT2D eigenvalue weighted by Gasteiger charge is 2.40. The standard InChI is InChI=1S/C10H19N/c1-3-8-4-5-10-9(8)6-7-11(10)2/h8-10H,3-7H2,1-2H3. The molecule has 0 spiro atoms. The molecule has 0 aromatic carbocycles. The molecule has 1 heteroatoms. The van der Waals surface area contributed by atoms with E-state index < -0.39 is 0 Å². The SMILES string of the molecule is CCC1CCC2C1CCN2C. The average molecular weight is 153 g/mol. The first-order chi connectivity index (χ1) is 5.33. The molecule has 0 bridgehead atoms. The van der Waals surface area contributed by atoms with Gasteiger partial charge in [0.2, 0.25) is 0 Å². The minimum atomic E-state index is 0.958. The molecule has 64 valence electrons. The van der Waals surface area contributed by atoms with Crippen LogP contribution in [0.2, 0.25) is 0 Å². The van der Waals surface area contributed by atoms with Gasteiger partial charge >= 0.3 is 0 Å². The molecule has 1 heterocycles. The third-order valence-corrected chi connectivity index (χ3v) is 3.84. The number of rotatable bonds is 1. The third-order valence-electron chi connectivity index (χ3n) is 3.84. The van der Waals surface area contributed by atoms with E-state index in [0.717, 1.165) is 17.9 Å². The van der Waals surface area contributed by atoms with E-state index in [1.165, 1.54) is 32.2 Å². The van der Waals surface area contributed by atoms with Gasteiger partial charge in [0.15, 0.2) is 0 Å². The molecule has 3 unspecified atom stereocenters. The zero-order valence-corrected chi connectivity index (χ0v) is 7.71. The van der Waals surface area contributed by atoms with Crippen molar-refractivity contribution >= 4 is 0 Å². The Hall–Kier alpha value is -0.0400. The van der Waals surface area contributed by atoms with E-state index in [1.807, 2.05) is 0 Å². The summed E-state index contributed by atoms with van der Waals surface area (Å²) in [6.07, 6.45) is 5.85. The highest BCUT2D eigenvalue weighted by Crippen LogP contribution is 2.42. The number of likely N-dealkylation sites (tertiary alicyclic amines) is 1. The molecule has 1 saturated carbocycles. The van der Waals surface area contributed by atoms with E-state index in [4.69, 9.17) is 0 Å². The summed E-state index contributed by atoms with van der Waals surface area (Å²) in [5.74, 6) is 2.12. The summed E-state index contributed by atoms with van der Waals surface area (Å²) in [7, 11) is 2.29.